The minimum Gasteiger partial charge on any atom is -0.458 e. The van der Waals surface area contributed by atoms with Crippen molar-refractivity contribution in [2.75, 3.05) is 20.3 Å². The van der Waals surface area contributed by atoms with Crippen LogP contribution in [0.1, 0.15) is 72.1 Å². The third kappa shape index (κ3) is 5.55. The van der Waals surface area contributed by atoms with Crippen molar-refractivity contribution in [2.45, 2.75) is 145 Å². The number of Topliss-reactive ketones (excluding diaryl/α,β-unsaturated/α-hetero) is 1. The first-order chi connectivity index (χ1) is 23.7. The van der Waals surface area contributed by atoms with Crippen LogP contribution in [0.5, 0.6) is 0 Å². The predicted molar refractivity (Wildman–Crippen MR) is 171 cm³/mol. The van der Waals surface area contributed by atoms with Crippen molar-refractivity contribution in [2.24, 2.45) is 34.5 Å². The molecular formula is C36H54O14. The van der Waals surface area contributed by atoms with Crippen molar-refractivity contribution in [1.82, 2.24) is 0 Å². The van der Waals surface area contributed by atoms with Crippen molar-refractivity contribution >= 4 is 11.8 Å². The molecular weight excluding hydrogens is 656 g/mol. The highest BCUT2D eigenvalue weighted by Crippen LogP contribution is 2.69. The number of esters is 1. The Morgan fingerprint density at radius 3 is 2.38 bits per heavy atom. The van der Waals surface area contributed by atoms with Crippen molar-refractivity contribution in [3.05, 3.63) is 11.6 Å². The lowest BCUT2D eigenvalue weighted by Gasteiger charge is -2.64. The van der Waals surface area contributed by atoms with Crippen LogP contribution in [-0.2, 0) is 38.0 Å². The van der Waals surface area contributed by atoms with Gasteiger partial charge in [0.05, 0.1) is 30.5 Å². The molecule has 50 heavy (non-hydrogen) atoms. The van der Waals surface area contributed by atoms with Crippen LogP contribution < -0.4 is 0 Å². The summed E-state index contributed by atoms with van der Waals surface area (Å²) in [5.74, 6) is -1.60. The average Bonchev–Trinajstić information content (AvgIpc) is 3.64. The van der Waals surface area contributed by atoms with Gasteiger partial charge in [-0.25, -0.2) is 4.79 Å². The quantitative estimate of drug-likeness (QED) is 0.153. The fraction of sp³-hybridized carbons (Fsp3) is 0.889. The fourth-order valence-electron chi connectivity index (χ4n) is 11.3. The number of ether oxygens (including phenoxy) is 6. The molecule has 3 aliphatic heterocycles. The van der Waals surface area contributed by atoms with E-state index >= 15 is 0 Å². The smallest absolute Gasteiger partial charge is 0.331 e. The Kier molecular flexibility index (Phi) is 9.84. The van der Waals surface area contributed by atoms with E-state index in [1.165, 1.54) is 13.2 Å². The largest absolute Gasteiger partial charge is 0.458 e. The van der Waals surface area contributed by atoms with E-state index in [0.29, 0.717) is 44.9 Å². The van der Waals surface area contributed by atoms with Crippen molar-refractivity contribution in [1.29, 1.82) is 0 Å². The first-order valence-corrected chi connectivity index (χ1v) is 18.3. The molecule has 4 saturated carbocycles. The minimum atomic E-state index is -1.57. The normalized spacial score (nSPS) is 53.6. The van der Waals surface area contributed by atoms with Crippen LogP contribution in [0, 0.1) is 34.5 Å². The van der Waals surface area contributed by atoms with Gasteiger partial charge in [0, 0.05) is 30.9 Å². The van der Waals surface area contributed by atoms with E-state index < -0.39 is 96.3 Å². The molecule has 0 aromatic heterocycles. The number of cyclic esters (lactones) is 1. The topological polar surface area (TPSA) is 211 Å². The van der Waals surface area contributed by atoms with E-state index in [2.05, 4.69) is 6.92 Å². The Labute approximate surface area is 292 Å². The molecule has 0 bridgehead atoms. The highest BCUT2D eigenvalue weighted by molar-refractivity contribution is 5.90. The first kappa shape index (κ1) is 36.8. The number of aliphatic hydroxyl groups excluding tert-OH is 5. The van der Waals surface area contributed by atoms with Crippen LogP contribution in [0.25, 0.3) is 0 Å². The molecule has 0 radical (unpaired) electrons. The van der Waals surface area contributed by atoms with Gasteiger partial charge in [0.25, 0.3) is 0 Å². The van der Waals surface area contributed by atoms with E-state index in [1.807, 2.05) is 6.92 Å². The molecule has 282 valence electrons. The monoisotopic (exact) mass is 710 g/mol. The Morgan fingerprint density at radius 2 is 1.70 bits per heavy atom. The zero-order valence-corrected chi connectivity index (χ0v) is 29.3. The number of rotatable bonds is 7. The maximum absolute atomic E-state index is 14.3. The second-order valence-corrected chi connectivity index (χ2v) is 16.4. The van der Waals surface area contributed by atoms with Crippen LogP contribution in [0.4, 0.5) is 0 Å². The third-order valence-electron chi connectivity index (χ3n) is 14.2. The molecule has 3 heterocycles. The van der Waals surface area contributed by atoms with Crippen molar-refractivity contribution in [3.8, 4) is 0 Å². The number of carbonyl (C=O) groups excluding carboxylic acids is 2. The molecule has 0 aromatic carbocycles. The summed E-state index contributed by atoms with van der Waals surface area (Å²) in [5, 5.41) is 64.7. The van der Waals surface area contributed by atoms with Gasteiger partial charge < -0.3 is 59.1 Å². The molecule has 14 heteroatoms. The molecule has 7 rings (SSSR count). The molecule has 0 amide bonds. The second kappa shape index (κ2) is 13.4. The number of aliphatic hydroxyl groups is 6. The van der Waals surface area contributed by atoms with Crippen LogP contribution in [0.2, 0.25) is 0 Å². The molecule has 2 saturated heterocycles. The summed E-state index contributed by atoms with van der Waals surface area (Å²) in [6.45, 7) is 5.31. The summed E-state index contributed by atoms with van der Waals surface area (Å²) in [5.41, 5.74) is -2.04. The maximum Gasteiger partial charge on any atom is 0.331 e. The highest BCUT2D eigenvalue weighted by Gasteiger charge is 2.73. The van der Waals surface area contributed by atoms with Gasteiger partial charge in [0.1, 0.15) is 43.2 Å². The van der Waals surface area contributed by atoms with Crippen LogP contribution in [-0.4, -0.2) is 136 Å². The SMILES string of the molecule is COC1CC(OC2CCC3(C)C(CCC4C3C(=O)C(O)C3(C)C(C5=CC(=O)OC5)CCC43O)C2)OC(C)C1OC1OC(CO)C(O)C(O)C1O. The highest BCUT2D eigenvalue weighted by atomic mass is 16.7. The van der Waals surface area contributed by atoms with E-state index in [4.69, 9.17) is 28.4 Å². The number of methoxy groups -OCH3 is 1. The van der Waals surface area contributed by atoms with Crippen molar-refractivity contribution < 1.29 is 68.6 Å². The summed E-state index contributed by atoms with van der Waals surface area (Å²) in [7, 11) is 1.53. The average molecular weight is 711 g/mol. The zero-order chi connectivity index (χ0) is 35.9. The number of hydrogen-bond acceptors (Lipinski definition) is 14. The lowest BCUT2D eigenvalue weighted by molar-refractivity contribution is -0.345. The van der Waals surface area contributed by atoms with Gasteiger partial charge in [-0.3, -0.25) is 4.79 Å². The molecule has 0 spiro atoms. The summed E-state index contributed by atoms with van der Waals surface area (Å²) < 4.78 is 35.3. The van der Waals surface area contributed by atoms with Crippen LogP contribution in [0.15, 0.2) is 11.6 Å². The minimum absolute atomic E-state index is 0.131. The van der Waals surface area contributed by atoms with Gasteiger partial charge >= 0.3 is 5.97 Å². The van der Waals surface area contributed by atoms with Gasteiger partial charge in [-0.2, -0.15) is 0 Å². The Morgan fingerprint density at radius 1 is 0.940 bits per heavy atom. The maximum atomic E-state index is 14.3. The summed E-state index contributed by atoms with van der Waals surface area (Å²) >= 11 is 0. The first-order valence-electron chi connectivity index (χ1n) is 18.3. The van der Waals surface area contributed by atoms with Gasteiger partial charge in [0.2, 0.25) is 0 Å². The predicted octanol–water partition coefficient (Wildman–Crippen LogP) is 0.113. The van der Waals surface area contributed by atoms with Gasteiger partial charge in [-0.15, -0.1) is 0 Å². The molecule has 6 N–H and O–H groups in total. The van der Waals surface area contributed by atoms with Crippen molar-refractivity contribution in [3.63, 3.8) is 0 Å². The summed E-state index contributed by atoms with van der Waals surface area (Å²) in [6.07, 6.45) is -4.63. The third-order valence-corrected chi connectivity index (χ3v) is 14.2. The molecule has 18 unspecified atom stereocenters. The number of ketones is 1. The number of hydrogen-bond donors (Lipinski definition) is 6. The van der Waals surface area contributed by atoms with E-state index in [-0.39, 0.29) is 36.2 Å². The van der Waals surface area contributed by atoms with Crippen LogP contribution in [0.3, 0.4) is 0 Å². The van der Waals surface area contributed by atoms with Gasteiger partial charge in [0.15, 0.2) is 18.4 Å². The van der Waals surface area contributed by atoms with E-state index in [1.54, 1.807) is 6.92 Å². The molecule has 18 atom stereocenters. The molecule has 4 aliphatic carbocycles. The molecule has 0 aromatic rings. The summed E-state index contributed by atoms with van der Waals surface area (Å²) in [6, 6.07) is 0. The van der Waals surface area contributed by atoms with Gasteiger partial charge in [-0.05, 0) is 80.6 Å². The standard InChI is InChI=1S/C36H54O14/c1-16-31(50-33-30(42)29(41)27(39)23(14-37)49-33)22(45-4)13-25(47-16)48-19-7-9-34(2)18(12-19)5-6-21-26(34)28(40)32(43)35(3)20(8-10-36(21,35)44)17-11-24(38)46-15-17/h11,16,18-23,25-27,29-33,37,39,41-44H,5-10,12-15H2,1-4H3. The van der Waals surface area contributed by atoms with Gasteiger partial charge in [-0.1, -0.05) is 13.8 Å². The number of carbonyl (C=O) groups is 2. The zero-order valence-electron chi connectivity index (χ0n) is 29.3. The molecule has 14 nitrogen and oxygen atoms in total. The summed E-state index contributed by atoms with van der Waals surface area (Å²) in [4.78, 5) is 26.2. The second-order valence-electron chi connectivity index (χ2n) is 16.4. The molecule has 7 aliphatic rings. The lowest BCUT2D eigenvalue weighted by atomic mass is 9.42. The van der Waals surface area contributed by atoms with E-state index in [0.717, 1.165) is 12.0 Å². The Hall–Kier alpha value is -1.56. The number of fused-ring (bicyclic) bond motifs is 5. The van der Waals surface area contributed by atoms with E-state index in [9.17, 15) is 40.2 Å². The fourth-order valence-corrected chi connectivity index (χ4v) is 11.3. The Bertz CT molecular complexity index is 1340. The Balaban J connectivity index is 1.01. The molecule has 6 fully saturated rings. The van der Waals surface area contributed by atoms with Crippen LogP contribution >= 0.6 is 0 Å². The lowest BCUT2D eigenvalue weighted by Crippen LogP contribution is -2.70.